The molecular weight excluding hydrogens is 444 g/mol. The number of benzene rings is 1. The number of thioether (sulfide) groups is 1. The van der Waals surface area contributed by atoms with Gasteiger partial charge in [-0.2, -0.15) is 5.01 Å². The Kier molecular flexibility index (Phi) is 6.23. The van der Waals surface area contributed by atoms with E-state index < -0.39 is 23.4 Å². The fraction of sp³-hybridized carbons (Fsp3) is 0.318. The molecule has 3 aromatic rings. The third-order valence-corrected chi connectivity index (χ3v) is 6.23. The number of hydrogen-bond donors (Lipinski definition) is 2. The van der Waals surface area contributed by atoms with Gasteiger partial charge in [0.25, 0.3) is 5.91 Å². The van der Waals surface area contributed by atoms with Crippen LogP contribution in [0.2, 0.25) is 0 Å². The standard InChI is InChI=1S/C22H24N6O4S/c1-14(2)18-24-25-21(27(18)12-16-10-7-11-32-16)33-13-17(29)26-28-19(30)22(3,23-20(28)31)15-8-5-4-6-9-15/h4-11,14H,12-13H2,1-3H3,(H,23,31)(H,26,29). The number of hydrogen-bond acceptors (Lipinski definition) is 7. The van der Waals surface area contributed by atoms with Crippen LogP contribution in [0.1, 0.15) is 43.8 Å². The number of aromatic nitrogens is 3. The Morgan fingerprint density at radius 2 is 1.94 bits per heavy atom. The molecule has 0 saturated carbocycles. The number of carbonyl (C=O) groups excluding carboxylic acids is 3. The van der Waals surface area contributed by atoms with Crippen molar-refractivity contribution >= 4 is 29.6 Å². The summed E-state index contributed by atoms with van der Waals surface area (Å²) in [7, 11) is 0. The van der Waals surface area contributed by atoms with Gasteiger partial charge in [0.05, 0.1) is 18.6 Å². The molecule has 0 aliphatic carbocycles. The molecule has 1 fully saturated rings. The molecule has 0 bridgehead atoms. The molecule has 33 heavy (non-hydrogen) atoms. The van der Waals surface area contributed by atoms with Crippen LogP contribution in [0.3, 0.4) is 0 Å². The van der Waals surface area contributed by atoms with Crippen molar-refractivity contribution in [2.24, 2.45) is 0 Å². The SMILES string of the molecule is CC(C)c1nnc(SCC(=O)NN2C(=O)NC(C)(c3ccccc3)C2=O)n1Cc1ccco1. The molecule has 4 amide bonds. The maximum absolute atomic E-state index is 12.9. The van der Waals surface area contributed by atoms with Crippen LogP contribution < -0.4 is 10.7 Å². The minimum Gasteiger partial charge on any atom is -0.467 e. The van der Waals surface area contributed by atoms with Crippen molar-refractivity contribution in [1.82, 2.24) is 30.5 Å². The van der Waals surface area contributed by atoms with Crippen molar-refractivity contribution in [3.05, 3.63) is 65.9 Å². The normalized spacial score (nSPS) is 18.1. The molecule has 1 aliphatic heterocycles. The summed E-state index contributed by atoms with van der Waals surface area (Å²) < 4.78 is 7.33. The Morgan fingerprint density at radius 3 is 2.61 bits per heavy atom. The van der Waals surface area contributed by atoms with Gasteiger partial charge in [-0.25, -0.2) is 4.79 Å². The topological polar surface area (TPSA) is 122 Å². The van der Waals surface area contributed by atoms with E-state index in [1.54, 1.807) is 43.5 Å². The van der Waals surface area contributed by atoms with Crippen molar-refractivity contribution in [2.75, 3.05) is 5.75 Å². The smallest absolute Gasteiger partial charge is 0.344 e. The number of hydrazine groups is 1. The van der Waals surface area contributed by atoms with Crippen molar-refractivity contribution in [3.63, 3.8) is 0 Å². The minimum absolute atomic E-state index is 0.0620. The van der Waals surface area contributed by atoms with Crippen molar-refractivity contribution in [2.45, 2.75) is 43.9 Å². The predicted molar refractivity (Wildman–Crippen MR) is 120 cm³/mol. The first-order valence-electron chi connectivity index (χ1n) is 10.4. The van der Waals surface area contributed by atoms with E-state index in [1.807, 2.05) is 30.5 Å². The molecule has 3 heterocycles. The number of amides is 4. The predicted octanol–water partition coefficient (Wildman–Crippen LogP) is 2.63. The highest BCUT2D eigenvalue weighted by molar-refractivity contribution is 7.99. The highest BCUT2D eigenvalue weighted by Crippen LogP contribution is 2.28. The number of imide groups is 1. The molecule has 1 aliphatic rings. The van der Waals surface area contributed by atoms with Gasteiger partial charge < -0.3 is 9.73 Å². The highest BCUT2D eigenvalue weighted by Gasteiger charge is 2.49. The van der Waals surface area contributed by atoms with E-state index in [0.717, 1.165) is 28.4 Å². The van der Waals surface area contributed by atoms with Crippen LogP contribution in [0.5, 0.6) is 0 Å². The van der Waals surface area contributed by atoms with Gasteiger partial charge >= 0.3 is 6.03 Å². The maximum atomic E-state index is 12.9. The molecule has 10 nitrogen and oxygen atoms in total. The quantitative estimate of drug-likeness (QED) is 0.385. The van der Waals surface area contributed by atoms with Crippen LogP contribution in [-0.2, 0) is 21.7 Å². The van der Waals surface area contributed by atoms with Crippen molar-refractivity contribution < 1.29 is 18.8 Å². The van der Waals surface area contributed by atoms with Crippen LogP contribution >= 0.6 is 11.8 Å². The van der Waals surface area contributed by atoms with Crippen LogP contribution in [0.25, 0.3) is 0 Å². The van der Waals surface area contributed by atoms with Gasteiger partial charge in [-0.05, 0) is 24.6 Å². The lowest BCUT2D eigenvalue weighted by molar-refractivity contribution is -0.138. The van der Waals surface area contributed by atoms with Crippen LogP contribution in [0.15, 0.2) is 58.3 Å². The molecule has 1 unspecified atom stereocenters. The van der Waals surface area contributed by atoms with Gasteiger partial charge in [0.2, 0.25) is 5.91 Å². The minimum atomic E-state index is -1.26. The summed E-state index contributed by atoms with van der Waals surface area (Å²) >= 11 is 1.16. The summed E-state index contributed by atoms with van der Waals surface area (Å²) in [5.41, 5.74) is 1.78. The maximum Gasteiger partial charge on any atom is 0.344 e. The summed E-state index contributed by atoms with van der Waals surface area (Å²) in [5, 5.41) is 12.4. The van der Waals surface area contributed by atoms with E-state index in [4.69, 9.17) is 4.42 Å². The third-order valence-electron chi connectivity index (χ3n) is 5.27. The molecule has 172 valence electrons. The zero-order valence-corrected chi connectivity index (χ0v) is 19.3. The Balaban J connectivity index is 1.43. The molecule has 1 saturated heterocycles. The van der Waals surface area contributed by atoms with E-state index >= 15 is 0 Å². The van der Waals surface area contributed by atoms with Crippen LogP contribution in [0, 0.1) is 0 Å². The van der Waals surface area contributed by atoms with Gasteiger partial charge in [0, 0.05) is 5.92 Å². The molecule has 1 aromatic carbocycles. The Morgan fingerprint density at radius 1 is 1.18 bits per heavy atom. The summed E-state index contributed by atoms with van der Waals surface area (Å²) in [6, 6.07) is 11.8. The van der Waals surface area contributed by atoms with E-state index in [0.29, 0.717) is 17.3 Å². The second kappa shape index (κ2) is 9.10. The third kappa shape index (κ3) is 4.49. The lowest BCUT2D eigenvalue weighted by Crippen LogP contribution is -2.48. The van der Waals surface area contributed by atoms with Gasteiger partial charge in [0.1, 0.15) is 17.1 Å². The molecule has 0 radical (unpaired) electrons. The molecule has 2 aromatic heterocycles. The Labute approximate surface area is 194 Å². The van der Waals surface area contributed by atoms with E-state index in [1.165, 1.54) is 0 Å². The number of nitrogens with zero attached hydrogens (tertiary/aromatic N) is 4. The number of carbonyl (C=O) groups is 3. The Hall–Kier alpha value is -3.60. The Bertz CT molecular complexity index is 1160. The summed E-state index contributed by atoms with van der Waals surface area (Å²) in [5.74, 6) is 0.495. The first-order valence-corrected chi connectivity index (χ1v) is 11.4. The zero-order chi connectivity index (χ0) is 23.6. The lowest BCUT2D eigenvalue weighted by Gasteiger charge is -2.22. The van der Waals surface area contributed by atoms with Gasteiger partial charge in [0.15, 0.2) is 5.16 Å². The molecule has 1 atom stereocenters. The van der Waals surface area contributed by atoms with Gasteiger partial charge in [-0.3, -0.25) is 19.6 Å². The summed E-state index contributed by atoms with van der Waals surface area (Å²) in [6.45, 7) is 6.05. The van der Waals surface area contributed by atoms with E-state index in [9.17, 15) is 14.4 Å². The number of rotatable bonds is 8. The van der Waals surface area contributed by atoms with E-state index in [-0.39, 0.29) is 11.7 Å². The molecule has 11 heteroatoms. The van der Waals surface area contributed by atoms with Gasteiger partial charge in [-0.15, -0.1) is 10.2 Å². The monoisotopic (exact) mass is 468 g/mol. The fourth-order valence-electron chi connectivity index (χ4n) is 3.54. The average molecular weight is 469 g/mol. The first kappa shape index (κ1) is 22.6. The largest absolute Gasteiger partial charge is 0.467 e. The highest BCUT2D eigenvalue weighted by atomic mass is 32.2. The molecular formula is C22H24N6O4S. The summed E-state index contributed by atoms with van der Waals surface area (Å²) in [4.78, 5) is 38.0. The number of nitrogens with one attached hydrogen (secondary N) is 2. The van der Waals surface area contributed by atoms with Gasteiger partial charge in [-0.1, -0.05) is 55.9 Å². The second-order valence-electron chi connectivity index (χ2n) is 8.05. The number of furan rings is 1. The second-order valence-corrected chi connectivity index (χ2v) is 8.99. The summed E-state index contributed by atoms with van der Waals surface area (Å²) in [6.07, 6.45) is 1.59. The molecule has 0 spiro atoms. The van der Waals surface area contributed by atoms with E-state index in [2.05, 4.69) is 20.9 Å². The molecule has 2 N–H and O–H groups in total. The zero-order valence-electron chi connectivity index (χ0n) is 18.4. The first-order chi connectivity index (χ1) is 15.8. The van der Waals surface area contributed by atoms with Crippen molar-refractivity contribution in [3.8, 4) is 0 Å². The van der Waals surface area contributed by atoms with Crippen molar-refractivity contribution in [1.29, 1.82) is 0 Å². The fourth-order valence-corrected chi connectivity index (χ4v) is 4.27. The van der Waals surface area contributed by atoms with Crippen LogP contribution in [0.4, 0.5) is 4.79 Å². The lowest BCUT2D eigenvalue weighted by atomic mass is 9.92. The molecule has 4 rings (SSSR count). The number of urea groups is 1. The average Bonchev–Trinajstić information content (AvgIpc) is 3.50. The van der Waals surface area contributed by atoms with Crippen LogP contribution in [-0.4, -0.2) is 43.4 Å².